The van der Waals surface area contributed by atoms with Gasteiger partial charge in [-0.2, -0.15) is 0 Å². The molecule has 0 amide bonds. The predicted octanol–water partition coefficient (Wildman–Crippen LogP) is 2.19. The van der Waals surface area contributed by atoms with Gasteiger partial charge in [0.05, 0.1) is 0 Å². The van der Waals surface area contributed by atoms with Crippen LogP contribution in [0.2, 0.25) is 0 Å². The Labute approximate surface area is 132 Å². The predicted molar refractivity (Wildman–Crippen MR) is 91.4 cm³/mol. The lowest BCUT2D eigenvalue weighted by atomic mass is 10.1. The fraction of sp³-hybridized carbons (Fsp3) is 0.533. The number of hydrogen-bond donors (Lipinski definition) is 3. The molecule has 4 N–H and O–H groups in total. The zero-order chi connectivity index (χ0) is 15.7. The highest BCUT2D eigenvalue weighted by atomic mass is 32.1. The normalized spacial score (nSPS) is 10.2. The van der Waals surface area contributed by atoms with Crippen molar-refractivity contribution in [3.05, 3.63) is 29.6 Å². The van der Waals surface area contributed by atoms with Crippen molar-refractivity contribution in [2.24, 2.45) is 5.73 Å². The number of nitrogens with zero attached hydrogens (tertiary/aromatic N) is 2. The monoisotopic (exact) mass is 307 g/mol. The van der Waals surface area contributed by atoms with Crippen molar-refractivity contribution < 1.29 is 0 Å². The first-order valence-corrected chi connectivity index (χ1v) is 7.77. The average Bonchev–Trinajstić information content (AvgIpc) is 2.45. The van der Waals surface area contributed by atoms with Crippen LogP contribution in [0.4, 0.5) is 0 Å². The van der Waals surface area contributed by atoms with Crippen molar-refractivity contribution in [2.45, 2.75) is 39.5 Å². The summed E-state index contributed by atoms with van der Waals surface area (Å²) in [6.45, 7) is 5.57. The quantitative estimate of drug-likeness (QED) is 0.311. The molecule has 0 spiro atoms. The summed E-state index contributed by atoms with van der Waals surface area (Å²) in [4.78, 5) is 5.97. The van der Waals surface area contributed by atoms with E-state index in [4.69, 9.17) is 23.4 Å². The first-order chi connectivity index (χ1) is 10.1. The molecule has 0 saturated heterocycles. The van der Waals surface area contributed by atoms with Gasteiger partial charge in [0.25, 0.3) is 0 Å². The number of unbranched alkanes of at least 4 members (excludes halogenated alkanes) is 2. The van der Waals surface area contributed by atoms with E-state index in [-0.39, 0.29) is 5.96 Å². The number of pyridine rings is 1. The summed E-state index contributed by atoms with van der Waals surface area (Å²) in [5.41, 5.74) is 7.78. The van der Waals surface area contributed by atoms with E-state index in [0.717, 1.165) is 24.2 Å². The Hall–Kier alpha value is -1.69. The van der Waals surface area contributed by atoms with Gasteiger partial charge in [0.15, 0.2) is 11.1 Å². The second-order valence-electron chi connectivity index (χ2n) is 4.99. The average molecular weight is 307 g/mol. The maximum Gasteiger partial charge on any atom is 0.194 e. The van der Waals surface area contributed by atoms with Crippen molar-refractivity contribution in [1.82, 2.24) is 15.2 Å². The van der Waals surface area contributed by atoms with E-state index in [0.29, 0.717) is 18.1 Å². The Kier molecular flexibility index (Phi) is 7.68. The second kappa shape index (κ2) is 9.28. The van der Waals surface area contributed by atoms with Crippen molar-refractivity contribution in [1.29, 1.82) is 5.41 Å². The molecule has 1 aromatic rings. The second-order valence-corrected chi connectivity index (χ2v) is 5.38. The molecule has 0 aliphatic carbocycles. The number of rotatable bonds is 7. The molecule has 0 unspecified atom stereocenters. The van der Waals surface area contributed by atoms with E-state index < -0.39 is 0 Å². The largest absolute Gasteiger partial charge is 0.370 e. The highest BCUT2D eigenvalue weighted by molar-refractivity contribution is 7.80. The smallest absolute Gasteiger partial charge is 0.194 e. The van der Waals surface area contributed by atoms with Gasteiger partial charge in [-0.25, -0.2) is 0 Å². The third-order valence-corrected chi connectivity index (χ3v) is 3.65. The van der Waals surface area contributed by atoms with E-state index in [1.54, 1.807) is 11.1 Å². The Morgan fingerprint density at radius 3 is 2.86 bits per heavy atom. The fourth-order valence-corrected chi connectivity index (χ4v) is 2.29. The summed E-state index contributed by atoms with van der Waals surface area (Å²) in [7, 11) is 0. The Morgan fingerprint density at radius 1 is 1.48 bits per heavy atom. The van der Waals surface area contributed by atoms with E-state index in [9.17, 15) is 0 Å². The molecule has 5 nitrogen and oxygen atoms in total. The third kappa shape index (κ3) is 6.08. The zero-order valence-corrected chi connectivity index (χ0v) is 13.7. The van der Waals surface area contributed by atoms with E-state index >= 15 is 0 Å². The van der Waals surface area contributed by atoms with E-state index in [1.807, 2.05) is 19.1 Å². The molecular formula is C15H25N5S. The van der Waals surface area contributed by atoms with E-state index in [1.165, 1.54) is 12.8 Å². The summed E-state index contributed by atoms with van der Waals surface area (Å²) in [5, 5.41) is 11.4. The van der Waals surface area contributed by atoms with Crippen molar-refractivity contribution in [3.63, 3.8) is 0 Å². The summed E-state index contributed by atoms with van der Waals surface area (Å²) in [6, 6.07) is 3.95. The van der Waals surface area contributed by atoms with Crippen LogP contribution in [0.15, 0.2) is 18.3 Å². The Balaban J connectivity index is 2.52. The highest BCUT2D eigenvalue weighted by Crippen LogP contribution is 2.05. The lowest BCUT2D eigenvalue weighted by Gasteiger charge is -2.24. The molecule has 1 heterocycles. The van der Waals surface area contributed by atoms with Crippen LogP contribution in [-0.4, -0.2) is 34.0 Å². The number of nitrogens with two attached hydrogens (primary N) is 1. The van der Waals surface area contributed by atoms with Crippen molar-refractivity contribution in [2.75, 3.05) is 13.1 Å². The lowest BCUT2D eigenvalue weighted by molar-refractivity contribution is 0.567. The standard InChI is InChI=1S/C15H25N5S/c1-3-4-5-9-19-15(21)20(14(16)17)11-8-13-12(2)7-6-10-18-13/h6-7,10H,3-5,8-9,11H2,1-2H3,(H3,16,17)(H,19,21). The Bertz CT molecular complexity index is 475. The summed E-state index contributed by atoms with van der Waals surface area (Å²) >= 11 is 5.32. The van der Waals surface area contributed by atoms with Gasteiger partial charge in [-0.05, 0) is 37.2 Å². The maximum atomic E-state index is 7.67. The number of guanidine groups is 1. The number of aryl methyl sites for hydroxylation is 1. The van der Waals surface area contributed by atoms with Gasteiger partial charge in [-0.1, -0.05) is 25.8 Å². The van der Waals surface area contributed by atoms with Crippen LogP contribution in [-0.2, 0) is 6.42 Å². The molecular weight excluding hydrogens is 282 g/mol. The Morgan fingerprint density at radius 2 is 2.24 bits per heavy atom. The van der Waals surface area contributed by atoms with Gasteiger partial charge >= 0.3 is 0 Å². The molecule has 0 radical (unpaired) electrons. The van der Waals surface area contributed by atoms with Crippen LogP contribution in [0.25, 0.3) is 0 Å². The first-order valence-electron chi connectivity index (χ1n) is 7.36. The van der Waals surface area contributed by atoms with Crippen LogP contribution in [0.1, 0.15) is 37.4 Å². The van der Waals surface area contributed by atoms with Gasteiger partial charge in [0.1, 0.15) is 0 Å². The molecule has 0 aromatic carbocycles. The van der Waals surface area contributed by atoms with Crippen LogP contribution >= 0.6 is 12.2 Å². The van der Waals surface area contributed by atoms with Crippen LogP contribution in [0.5, 0.6) is 0 Å². The minimum Gasteiger partial charge on any atom is -0.370 e. The molecule has 0 atom stereocenters. The number of hydrogen-bond acceptors (Lipinski definition) is 3. The van der Waals surface area contributed by atoms with Crippen LogP contribution in [0.3, 0.4) is 0 Å². The maximum absolute atomic E-state index is 7.67. The molecule has 1 rings (SSSR count). The summed E-state index contributed by atoms with van der Waals surface area (Å²) in [6.07, 6.45) is 5.90. The molecule has 0 saturated carbocycles. The van der Waals surface area contributed by atoms with Gasteiger partial charge in [0.2, 0.25) is 0 Å². The minimum atomic E-state index is -0.0309. The number of thiocarbonyl (C=S) groups is 1. The van der Waals surface area contributed by atoms with Crippen LogP contribution in [0, 0.1) is 12.3 Å². The fourth-order valence-electron chi connectivity index (χ4n) is 1.99. The topological polar surface area (TPSA) is 78.0 Å². The SMILES string of the molecule is CCCCCNC(=S)N(CCc1ncccc1C)C(=N)N. The summed E-state index contributed by atoms with van der Waals surface area (Å²) < 4.78 is 0. The highest BCUT2D eigenvalue weighted by Gasteiger charge is 2.13. The van der Waals surface area contributed by atoms with Gasteiger partial charge < -0.3 is 11.1 Å². The molecule has 21 heavy (non-hydrogen) atoms. The molecule has 0 aliphatic heterocycles. The van der Waals surface area contributed by atoms with Crippen LogP contribution < -0.4 is 11.1 Å². The van der Waals surface area contributed by atoms with Gasteiger partial charge in [0, 0.05) is 31.4 Å². The molecule has 116 valence electrons. The molecule has 0 fully saturated rings. The lowest BCUT2D eigenvalue weighted by Crippen LogP contribution is -2.47. The summed E-state index contributed by atoms with van der Waals surface area (Å²) in [5.74, 6) is -0.0309. The third-order valence-electron chi connectivity index (χ3n) is 3.28. The first kappa shape index (κ1) is 17.4. The van der Waals surface area contributed by atoms with Crippen molar-refractivity contribution >= 4 is 23.3 Å². The molecule has 1 aromatic heterocycles. The minimum absolute atomic E-state index is 0.0309. The number of aromatic nitrogens is 1. The van der Waals surface area contributed by atoms with Crippen molar-refractivity contribution in [3.8, 4) is 0 Å². The number of nitrogens with one attached hydrogen (secondary N) is 2. The molecule has 0 aliphatic rings. The molecule has 6 heteroatoms. The molecule has 0 bridgehead atoms. The van der Waals surface area contributed by atoms with Gasteiger partial charge in [-0.3, -0.25) is 15.3 Å². The zero-order valence-electron chi connectivity index (χ0n) is 12.9. The van der Waals surface area contributed by atoms with E-state index in [2.05, 4.69) is 17.2 Å². The van der Waals surface area contributed by atoms with Gasteiger partial charge in [-0.15, -0.1) is 0 Å².